The Balaban J connectivity index is 1.81. The molecule has 0 aromatic heterocycles. The van der Waals surface area contributed by atoms with E-state index in [4.69, 9.17) is 0 Å². The molecule has 1 saturated heterocycles. The molecule has 2 fully saturated rings. The summed E-state index contributed by atoms with van der Waals surface area (Å²) >= 11 is 0. The van der Waals surface area contributed by atoms with Crippen LogP contribution in [0.15, 0.2) is 0 Å². The maximum Gasteiger partial charge on any atom is 0.317 e. The van der Waals surface area contributed by atoms with Crippen molar-refractivity contribution in [1.82, 2.24) is 10.2 Å². The van der Waals surface area contributed by atoms with E-state index >= 15 is 0 Å². The molecule has 0 unspecified atom stereocenters. The Labute approximate surface area is 98.6 Å². The van der Waals surface area contributed by atoms with Gasteiger partial charge in [-0.2, -0.15) is 0 Å². The highest BCUT2D eigenvalue weighted by Gasteiger charge is 2.25. The molecule has 3 nitrogen and oxygen atoms in total. The smallest absolute Gasteiger partial charge is 0.317 e. The third-order valence-electron chi connectivity index (χ3n) is 4.00. The first-order valence-electron chi connectivity index (χ1n) is 6.84. The first kappa shape index (κ1) is 11.7. The van der Waals surface area contributed by atoms with Crippen molar-refractivity contribution in [3.8, 4) is 0 Å². The van der Waals surface area contributed by atoms with Crippen LogP contribution >= 0.6 is 0 Å². The number of amides is 2. The van der Waals surface area contributed by atoms with Gasteiger partial charge in [0.25, 0.3) is 0 Å². The summed E-state index contributed by atoms with van der Waals surface area (Å²) in [6.45, 7) is 3.11. The normalized spacial score (nSPS) is 27.8. The lowest BCUT2D eigenvalue weighted by Crippen LogP contribution is -2.50. The minimum Gasteiger partial charge on any atom is -0.335 e. The van der Waals surface area contributed by atoms with Crippen molar-refractivity contribution in [2.45, 2.75) is 70.4 Å². The number of urea groups is 1. The van der Waals surface area contributed by atoms with E-state index < -0.39 is 0 Å². The summed E-state index contributed by atoms with van der Waals surface area (Å²) in [7, 11) is 0. The molecule has 0 bridgehead atoms. The van der Waals surface area contributed by atoms with Gasteiger partial charge in [0.1, 0.15) is 0 Å². The van der Waals surface area contributed by atoms with Crippen molar-refractivity contribution in [2.75, 3.05) is 6.54 Å². The average molecular weight is 224 g/mol. The number of carbonyl (C=O) groups is 1. The second kappa shape index (κ2) is 5.55. The lowest BCUT2D eigenvalue weighted by molar-refractivity contribution is 0.152. The topological polar surface area (TPSA) is 32.3 Å². The van der Waals surface area contributed by atoms with Gasteiger partial charge in [0.2, 0.25) is 0 Å². The molecule has 1 heterocycles. The summed E-state index contributed by atoms with van der Waals surface area (Å²) in [6, 6.07) is 1.05. The molecule has 2 amide bonds. The molecular weight excluding hydrogens is 200 g/mol. The summed E-state index contributed by atoms with van der Waals surface area (Å²) in [5, 5.41) is 3.21. The lowest BCUT2D eigenvalue weighted by atomic mass is 9.95. The summed E-state index contributed by atoms with van der Waals surface area (Å²) in [6.07, 6.45) is 9.85. The molecule has 92 valence electrons. The second-order valence-electron chi connectivity index (χ2n) is 5.32. The molecular formula is C13H24N2O. The maximum atomic E-state index is 12.1. The molecule has 0 radical (unpaired) electrons. The van der Waals surface area contributed by atoms with Crippen LogP contribution in [-0.4, -0.2) is 29.6 Å². The van der Waals surface area contributed by atoms with Crippen molar-refractivity contribution in [2.24, 2.45) is 0 Å². The van der Waals surface area contributed by atoms with Crippen LogP contribution in [-0.2, 0) is 0 Å². The fraction of sp³-hybridized carbons (Fsp3) is 0.923. The molecule has 1 aliphatic carbocycles. The van der Waals surface area contributed by atoms with E-state index in [2.05, 4.69) is 12.2 Å². The number of hydrogen-bond acceptors (Lipinski definition) is 1. The molecule has 16 heavy (non-hydrogen) atoms. The van der Waals surface area contributed by atoms with E-state index in [1.807, 2.05) is 4.90 Å². The summed E-state index contributed by atoms with van der Waals surface area (Å²) in [4.78, 5) is 14.1. The molecule has 2 rings (SSSR count). The van der Waals surface area contributed by atoms with Gasteiger partial charge in [0, 0.05) is 18.6 Å². The van der Waals surface area contributed by atoms with E-state index in [1.165, 1.54) is 44.9 Å². The first-order valence-corrected chi connectivity index (χ1v) is 6.84. The number of rotatable bonds is 1. The van der Waals surface area contributed by atoms with Crippen LogP contribution < -0.4 is 5.32 Å². The van der Waals surface area contributed by atoms with Crippen LogP contribution in [0.4, 0.5) is 4.79 Å². The zero-order valence-corrected chi connectivity index (χ0v) is 10.4. The highest BCUT2D eigenvalue weighted by Crippen LogP contribution is 2.20. The highest BCUT2D eigenvalue weighted by molar-refractivity contribution is 5.75. The monoisotopic (exact) mass is 224 g/mol. The zero-order valence-electron chi connectivity index (χ0n) is 10.4. The highest BCUT2D eigenvalue weighted by atomic mass is 16.2. The largest absolute Gasteiger partial charge is 0.335 e. The summed E-state index contributed by atoms with van der Waals surface area (Å²) in [5.74, 6) is 0. The fourth-order valence-electron chi connectivity index (χ4n) is 2.90. The Bertz CT molecular complexity index is 236. The number of nitrogens with zero attached hydrogens (tertiary/aromatic N) is 1. The fourth-order valence-corrected chi connectivity index (χ4v) is 2.90. The molecule has 2 aliphatic rings. The van der Waals surface area contributed by atoms with Gasteiger partial charge in [0.05, 0.1) is 0 Å². The Morgan fingerprint density at radius 2 is 1.75 bits per heavy atom. The van der Waals surface area contributed by atoms with Crippen LogP contribution in [0, 0.1) is 0 Å². The van der Waals surface area contributed by atoms with Gasteiger partial charge in [-0.1, -0.05) is 19.3 Å². The SMILES string of the molecule is C[C@@H]1CCCCN1C(=O)NC1CCCCC1. The number of piperidine rings is 1. The van der Waals surface area contributed by atoms with E-state index in [1.54, 1.807) is 0 Å². The number of nitrogens with one attached hydrogen (secondary N) is 1. The third-order valence-corrected chi connectivity index (χ3v) is 4.00. The molecule has 1 saturated carbocycles. The predicted molar refractivity (Wildman–Crippen MR) is 65.4 cm³/mol. The van der Waals surface area contributed by atoms with Gasteiger partial charge < -0.3 is 10.2 Å². The Kier molecular flexibility index (Phi) is 4.08. The van der Waals surface area contributed by atoms with Gasteiger partial charge in [-0.3, -0.25) is 0 Å². The van der Waals surface area contributed by atoms with Gasteiger partial charge in [-0.25, -0.2) is 4.79 Å². The standard InChI is InChI=1S/C13H24N2O/c1-11-7-5-6-10-15(11)13(16)14-12-8-3-2-4-9-12/h11-12H,2-10H2,1H3,(H,14,16)/t11-/m1/s1. The Hall–Kier alpha value is -0.730. The van der Waals surface area contributed by atoms with Crippen LogP contribution in [0.25, 0.3) is 0 Å². The van der Waals surface area contributed by atoms with E-state index in [9.17, 15) is 4.79 Å². The molecule has 1 N–H and O–H groups in total. The Morgan fingerprint density at radius 1 is 1.06 bits per heavy atom. The van der Waals surface area contributed by atoms with Crippen LogP contribution in [0.3, 0.4) is 0 Å². The predicted octanol–water partition coefficient (Wildman–Crippen LogP) is 2.90. The van der Waals surface area contributed by atoms with Gasteiger partial charge in [0.15, 0.2) is 0 Å². The number of carbonyl (C=O) groups excluding carboxylic acids is 1. The van der Waals surface area contributed by atoms with Crippen molar-refractivity contribution < 1.29 is 4.79 Å². The molecule has 3 heteroatoms. The van der Waals surface area contributed by atoms with Crippen LogP contribution in [0.1, 0.15) is 58.3 Å². The van der Waals surface area contributed by atoms with Gasteiger partial charge in [-0.15, -0.1) is 0 Å². The third kappa shape index (κ3) is 2.89. The van der Waals surface area contributed by atoms with Gasteiger partial charge >= 0.3 is 6.03 Å². The molecule has 0 aromatic rings. The molecule has 0 spiro atoms. The van der Waals surface area contributed by atoms with E-state index in [0.29, 0.717) is 12.1 Å². The number of hydrogen-bond donors (Lipinski definition) is 1. The van der Waals surface area contributed by atoms with Gasteiger partial charge in [-0.05, 0) is 39.0 Å². The minimum atomic E-state index is 0.180. The maximum absolute atomic E-state index is 12.1. The van der Waals surface area contributed by atoms with E-state index in [0.717, 1.165) is 13.0 Å². The quantitative estimate of drug-likeness (QED) is 0.729. The van der Waals surface area contributed by atoms with Crippen molar-refractivity contribution in [3.05, 3.63) is 0 Å². The van der Waals surface area contributed by atoms with Crippen molar-refractivity contribution in [3.63, 3.8) is 0 Å². The van der Waals surface area contributed by atoms with E-state index in [-0.39, 0.29) is 6.03 Å². The molecule has 0 aromatic carbocycles. The lowest BCUT2D eigenvalue weighted by Gasteiger charge is -2.35. The molecule has 1 aliphatic heterocycles. The summed E-state index contributed by atoms with van der Waals surface area (Å²) < 4.78 is 0. The van der Waals surface area contributed by atoms with Crippen molar-refractivity contribution in [1.29, 1.82) is 0 Å². The van der Waals surface area contributed by atoms with Crippen LogP contribution in [0.5, 0.6) is 0 Å². The van der Waals surface area contributed by atoms with Crippen LogP contribution in [0.2, 0.25) is 0 Å². The zero-order chi connectivity index (χ0) is 11.4. The Morgan fingerprint density at radius 3 is 2.44 bits per heavy atom. The minimum absolute atomic E-state index is 0.180. The average Bonchev–Trinajstić information content (AvgIpc) is 2.31. The van der Waals surface area contributed by atoms with Crippen molar-refractivity contribution >= 4 is 6.03 Å². The molecule has 1 atom stereocenters. The summed E-state index contributed by atoms with van der Waals surface area (Å²) in [5.41, 5.74) is 0. The first-order chi connectivity index (χ1) is 7.77. The second-order valence-corrected chi connectivity index (χ2v) is 5.32. The number of likely N-dealkylation sites (tertiary alicyclic amines) is 1.